The number of hydrogen-bond donors (Lipinski definition) is 1. The molecule has 1 amide bonds. The largest absolute Gasteiger partial charge is 0.495 e. The summed E-state index contributed by atoms with van der Waals surface area (Å²) in [7, 11) is 5.18. The van der Waals surface area contributed by atoms with Crippen LogP contribution in [0.15, 0.2) is 41.4 Å². The molecule has 0 spiro atoms. The lowest BCUT2D eigenvalue weighted by Gasteiger charge is -2.38. The molecule has 148 valence electrons. The third-order valence-corrected chi connectivity index (χ3v) is 4.42. The molecule has 27 heavy (non-hydrogen) atoms. The number of guanidine groups is 1. The van der Waals surface area contributed by atoms with Crippen LogP contribution in [0.5, 0.6) is 5.75 Å². The Morgan fingerprint density at radius 2 is 1.93 bits per heavy atom. The summed E-state index contributed by atoms with van der Waals surface area (Å²) >= 11 is 0. The number of rotatable bonds is 6. The third kappa shape index (κ3) is 5.91. The second-order valence-corrected chi connectivity index (χ2v) is 6.88. The molecule has 1 aliphatic heterocycles. The molecule has 0 saturated carbocycles. The number of methoxy groups -OCH3 is 1. The minimum atomic E-state index is -0.0164. The predicted molar refractivity (Wildman–Crippen MR) is 111 cm³/mol. The van der Waals surface area contributed by atoms with Gasteiger partial charge in [0.1, 0.15) is 12.3 Å². The number of ether oxygens (including phenoxy) is 1. The zero-order valence-electron chi connectivity index (χ0n) is 16.9. The SMILES string of the molecule is C=C(C)CNC(=NCC(=O)N(C)C)N1CCN(c2ccccc2OC)CC1. The Hall–Kier alpha value is -2.70. The first-order chi connectivity index (χ1) is 12.9. The normalized spacial score (nSPS) is 14.7. The molecule has 7 heteroatoms. The Labute approximate surface area is 162 Å². The number of hydrogen-bond acceptors (Lipinski definition) is 4. The lowest BCUT2D eigenvalue weighted by atomic mass is 10.2. The van der Waals surface area contributed by atoms with Crippen LogP contribution in [0.4, 0.5) is 5.69 Å². The first-order valence-electron chi connectivity index (χ1n) is 9.18. The van der Waals surface area contributed by atoms with Crippen LogP contribution in [0, 0.1) is 0 Å². The van der Waals surface area contributed by atoms with Gasteiger partial charge in [0, 0.05) is 46.8 Å². The van der Waals surface area contributed by atoms with Gasteiger partial charge in [-0.3, -0.25) is 4.79 Å². The second kappa shape index (κ2) is 9.85. The van der Waals surface area contributed by atoms with Crippen molar-refractivity contribution in [2.45, 2.75) is 6.92 Å². The van der Waals surface area contributed by atoms with Gasteiger partial charge in [0.15, 0.2) is 5.96 Å². The van der Waals surface area contributed by atoms with E-state index in [2.05, 4.69) is 32.8 Å². The van der Waals surface area contributed by atoms with E-state index in [1.807, 2.05) is 25.1 Å². The summed E-state index contributed by atoms with van der Waals surface area (Å²) in [6.07, 6.45) is 0. The molecule has 1 aromatic rings. The van der Waals surface area contributed by atoms with E-state index in [-0.39, 0.29) is 12.5 Å². The molecule has 1 N–H and O–H groups in total. The van der Waals surface area contributed by atoms with Crippen molar-refractivity contribution in [1.82, 2.24) is 15.1 Å². The van der Waals surface area contributed by atoms with Crippen LogP contribution < -0.4 is 15.0 Å². The van der Waals surface area contributed by atoms with Crippen LogP contribution in [0.1, 0.15) is 6.92 Å². The maximum Gasteiger partial charge on any atom is 0.243 e. The van der Waals surface area contributed by atoms with Crippen LogP contribution in [0.3, 0.4) is 0 Å². The van der Waals surface area contributed by atoms with Gasteiger partial charge in [-0.1, -0.05) is 24.3 Å². The van der Waals surface area contributed by atoms with E-state index in [0.29, 0.717) is 6.54 Å². The number of piperazine rings is 1. The number of benzene rings is 1. The Balaban J connectivity index is 2.04. The Kier molecular flexibility index (Phi) is 7.52. The van der Waals surface area contributed by atoms with Crippen molar-refractivity contribution in [2.24, 2.45) is 4.99 Å². The lowest BCUT2D eigenvalue weighted by molar-refractivity contribution is -0.127. The van der Waals surface area contributed by atoms with Crippen molar-refractivity contribution in [3.05, 3.63) is 36.4 Å². The summed E-state index contributed by atoms with van der Waals surface area (Å²) in [4.78, 5) is 22.5. The standard InChI is InChI=1S/C20H31N5O2/c1-16(2)14-21-20(22-15-19(26)23(3)4)25-12-10-24(11-13-25)17-8-6-7-9-18(17)27-5/h6-9H,1,10-15H2,2-5H3,(H,21,22). The maximum atomic E-state index is 11.9. The van der Waals surface area contributed by atoms with Gasteiger partial charge in [0.2, 0.25) is 5.91 Å². The van der Waals surface area contributed by atoms with Crippen LogP contribution in [-0.4, -0.2) is 82.1 Å². The average molecular weight is 374 g/mol. The van der Waals surface area contributed by atoms with Gasteiger partial charge >= 0.3 is 0 Å². The smallest absolute Gasteiger partial charge is 0.243 e. The molecule has 7 nitrogen and oxygen atoms in total. The number of carbonyl (C=O) groups excluding carboxylic acids is 1. The highest BCUT2D eigenvalue weighted by molar-refractivity contribution is 5.85. The molecule has 0 aromatic heterocycles. The second-order valence-electron chi connectivity index (χ2n) is 6.88. The van der Waals surface area contributed by atoms with Gasteiger partial charge in [0.25, 0.3) is 0 Å². The number of nitrogens with one attached hydrogen (secondary N) is 1. The fourth-order valence-electron chi connectivity index (χ4n) is 2.83. The molecule has 0 unspecified atom stereocenters. The third-order valence-electron chi connectivity index (χ3n) is 4.42. The minimum absolute atomic E-state index is 0.0164. The van der Waals surface area contributed by atoms with Crippen molar-refractivity contribution in [3.63, 3.8) is 0 Å². The summed E-state index contributed by atoms with van der Waals surface area (Å²) < 4.78 is 5.48. The molecule has 1 saturated heterocycles. The average Bonchev–Trinajstić information content (AvgIpc) is 2.67. The number of carbonyl (C=O) groups is 1. The fraction of sp³-hybridized carbons (Fsp3) is 0.500. The zero-order chi connectivity index (χ0) is 19.8. The van der Waals surface area contributed by atoms with Crippen LogP contribution in [0.25, 0.3) is 0 Å². The Morgan fingerprint density at radius 3 is 2.52 bits per heavy atom. The van der Waals surface area contributed by atoms with Gasteiger partial charge in [-0.2, -0.15) is 0 Å². The Morgan fingerprint density at radius 1 is 1.26 bits per heavy atom. The molecule has 0 radical (unpaired) electrons. The van der Waals surface area contributed by atoms with Gasteiger partial charge < -0.3 is 24.8 Å². The number of anilines is 1. The van der Waals surface area contributed by atoms with E-state index in [9.17, 15) is 4.79 Å². The quantitative estimate of drug-likeness (QED) is 0.464. The van der Waals surface area contributed by atoms with E-state index in [1.165, 1.54) is 0 Å². The van der Waals surface area contributed by atoms with Gasteiger partial charge in [0.05, 0.1) is 12.8 Å². The molecule has 1 fully saturated rings. The Bertz CT molecular complexity index is 679. The number of likely N-dealkylation sites (N-methyl/N-ethyl adjacent to an activating group) is 1. The van der Waals surface area contributed by atoms with E-state index < -0.39 is 0 Å². The highest BCUT2D eigenvalue weighted by Crippen LogP contribution is 2.28. The topological polar surface area (TPSA) is 60.4 Å². The summed E-state index contributed by atoms with van der Waals surface area (Å²) in [5.74, 6) is 1.63. The summed E-state index contributed by atoms with van der Waals surface area (Å²) in [6, 6.07) is 8.07. The van der Waals surface area contributed by atoms with Crippen molar-refractivity contribution >= 4 is 17.6 Å². The molecule has 0 bridgehead atoms. The molecule has 0 atom stereocenters. The summed E-state index contributed by atoms with van der Waals surface area (Å²) in [5.41, 5.74) is 2.13. The van der Waals surface area contributed by atoms with Crippen LogP contribution >= 0.6 is 0 Å². The molecule has 0 aliphatic carbocycles. The number of amides is 1. The maximum absolute atomic E-state index is 11.9. The van der Waals surface area contributed by atoms with E-state index in [4.69, 9.17) is 4.74 Å². The molecule has 1 heterocycles. The van der Waals surface area contributed by atoms with Crippen LogP contribution in [-0.2, 0) is 4.79 Å². The predicted octanol–water partition coefficient (Wildman–Crippen LogP) is 1.43. The number of aliphatic imine (C=N–C) groups is 1. The summed E-state index contributed by atoms with van der Waals surface area (Å²) in [6.45, 7) is 10.0. The van der Waals surface area contributed by atoms with E-state index in [0.717, 1.165) is 49.1 Å². The molecular formula is C20H31N5O2. The van der Waals surface area contributed by atoms with Crippen molar-refractivity contribution in [3.8, 4) is 5.75 Å². The van der Waals surface area contributed by atoms with Crippen LogP contribution in [0.2, 0.25) is 0 Å². The van der Waals surface area contributed by atoms with Gasteiger partial charge in [-0.15, -0.1) is 0 Å². The van der Waals surface area contributed by atoms with Gasteiger partial charge in [-0.25, -0.2) is 4.99 Å². The molecule has 1 aromatic carbocycles. The zero-order valence-corrected chi connectivity index (χ0v) is 16.9. The molecule has 1 aliphatic rings. The first-order valence-corrected chi connectivity index (χ1v) is 9.18. The number of para-hydroxylation sites is 2. The highest BCUT2D eigenvalue weighted by Gasteiger charge is 2.22. The molecule has 2 rings (SSSR count). The fourth-order valence-corrected chi connectivity index (χ4v) is 2.83. The lowest BCUT2D eigenvalue weighted by Crippen LogP contribution is -2.53. The van der Waals surface area contributed by atoms with Gasteiger partial charge in [-0.05, 0) is 19.1 Å². The van der Waals surface area contributed by atoms with E-state index in [1.54, 1.807) is 26.1 Å². The van der Waals surface area contributed by atoms with E-state index >= 15 is 0 Å². The van der Waals surface area contributed by atoms with Crippen molar-refractivity contribution in [2.75, 3.05) is 65.4 Å². The van der Waals surface area contributed by atoms with Crippen molar-refractivity contribution in [1.29, 1.82) is 0 Å². The highest BCUT2D eigenvalue weighted by atomic mass is 16.5. The number of nitrogens with zero attached hydrogens (tertiary/aromatic N) is 4. The first kappa shape index (κ1) is 20.6. The monoisotopic (exact) mass is 373 g/mol. The summed E-state index contributed by atoms with van der Waals surface area (Å²) in [5, 5.41) is 3.32. The molecular weight excluding hydrogens is 342 g/mol. The minimum Gasteiger partial charge on any atom is -0.495 e. The van der Waals surface area contributed by atoms with Crippen molar-refractivity contribution < 1.29 is 9.53 Å².